The van der Waals surface area contributed by atoms with Gasteiger partial charge in [-0.15, -0.1) is 0 Å². The summed E-state index contributed by atoms with van der Waals surface area (Å²) in [6.45, 7) is 0.966. The van der Waals surface area contributed by atoms with Crippen molar-refractivity contribution in [3.63, 3.8) is 0 Å². The Morgan fingerprint density at radius 3 is 2.74 bits per heavy atom. The number of aromatic amines is 1. The summed E-state index contributed by atoms with van der Waals surface area (Å²) in [4.78, 5) is 27.4. The van der Waals surface area contributed by atoms with Crippen LogP contribution in [0.3, 0.4) is 0 Å². The number of fused-ring (bicyclic) bond motifs is 1. The Hall–Kier alpha value is -2.34. The van der Waals surface area contributed by atoms with Gasteiger partial charge in [-0.25, -0.2) is 0 Å². The van der Waals surface area contributed by atoms with Gasteiger partial charge in [-0.1, -0.05) is 0 Å². The Morgan fingerprint density at radius 1 is 1.26 bits per heavy atom. The van der Waals surface area contributed by atoms with E-state index in [1.165, 1.54) is 5.56 Å². The van der Waals surface area contributed by atoms with E-state index in [1.807, 2.05) is 26.4 Å². The third-order valence-electron chi connectivity index (χ3n) is 3.57. The van der Waals surface area contributed by atoms with Gasteiger partial charge in [0.2, 0.25) is 0 Å². The molecule has 0 bridgehead atoms. The van der Waals surface area contributed by atoms with Crippen molar-refractivity contribution in [3.05, 3.63) is 30.0 Å². The number of nitrogens with zero attached hydrogens (tertiary/aromatic N) is 1. The maximum Gasteiger partial charge on any atom is 0.311 e. The summed E-state index contributed by atoms with van der Waals surface area (Å²) in [6, 6.07) is 5.50. The minimum absolute atomic E-state index is 0.0278. The largest absolute Gasteiger partial charge is 0.481 e. The van der Waals surface area contributed by atoms with E-state index in [0.717, 1.165) is 23.9 Å². The molecule has 0 aliphatic carbocycles. The van der Waals surface area contributed by atoms with E-state index >= 15 is 0 Å². The average molecular weight is 318 g/mol. The lowest BCUT2D eigenvalue weighted by molar-refractivity contribution is -0.137. The van der Waals surface area contributed by atoms with E-state index in [-0.39, 0.29) is 19.3 Å². The molecular weight excluding hydrogens is 296 g/mol. The molecule has 0 radical (unpaired) electrons. The Bertz CT molecular complexity index is 691. The molecule has 0 aliphatic rings. The highest BCUT2D eigenvalue weighted by Gasteiger charge is 2.09. The highest BCUT2D eigenvalue weighted by molar-refractivity contribution is 5.85. The minimum atomic E-state index is -0.907. The van der Waals surface area contributed by atoms with Crippen LogP contribution in [0.4, 0.5) is 0 Å². The molecular formula is C17H22N2O4. The maximum absolute atomic E-state index is 11.7. The molecule has 1 aromatic heterocycles. The Morgan fingerprint density at radius 2 is 2.04 bits per heavy atom. The molecule has 2 aromatic rings. The fourth-order valence-corrected chi connectivity index (χ4v) is 2.35. The molecule has 2 N–H and O–H groups in total. The van der Waals surface area contributed by atoms with Crippen LogP contribution in [0, 0.1) is 0 Å². The molecule has 23 heavy (non-hydrogen) atoms. The summed E-state index contributed by atoms with van der Waals surface area (Å²) in [5.41, 5.74) is 2.16. The lowest BCUT2D eigenvalue weighted by Gasteiger charge is -2.08. The van der Waals surface area contributed by atoms with Gasteiger partial charge in [0.25, 0.3) is 0 Å². The average Bonchev–Trinajstić information content (AvgIpc) is 2.87. The molecule has 6 nitrogen and oxygen atoms in total. The standard InChI is InChI=1S/C17H22N2O4/c1-19(2)9-8-12-11-18-15-10-13(6-7-14(12)15)23-17(22)5-3-4-16(20)21/h6-7,10-11,18H,3-5,8-9H2,1-2H3,(H,20,21). The molecule has 0 saturated carbocycles. The molecule has 1 heterocycles. The van der Waals surface area contributed by atoms with Crippen molar-refractivity contribution in [3.8, 4) is 5.75 Å². The smallest absolute Gasteiger partial charge is 0.311 e. The number of hydrogen-bond acceptors (Lipinski definition) is 4. The second-order valence-electron chi connectivity index (χ2n) is 5.80. The van der Waals surface area contributed by atoms with Crippen LogP contribution in [0.1, 0.15) is 24.8 Å². The molecule has 0 spiro atoms. The second-order valence-corrected chi connectivity index (χ2v) is 5.80. The molecule has 6 heteroatoms. The van der Waals surface area contributed by atoms with Crippen molar-refractivity contribution in [1.82, 2.24) is 9.88 Å². The monoisotopic (exact) mass is 318 g/mol. The van der Waals surface area contributed by atoms with Crippen LogP contribution in [-0.2, 0) is 16.0 Å². The number of likely N-dealkylation sites (N-methyl/N-ethyl adjacent to an activating group) is 1. The van der Waals surface area contributed by atoms with Gasteiger partial charge in [0.05, 0.1) is 0 Å². The maximum atomic E-state index is 11.7. The number of rotatable bonds is 8. The summed E-state index contributed by atoms with van der Waals surface area (Å²) in [6.07, 6.45) is 3.28. The fourth-order valence-electron chi connectivity index (χ4n) is 2.35. The Kier molecular flexibility index (Phi) is 5.76. The molecule has 0 fully saturated rings. The first kappa shape index (κ1) is 17.0. The predicted octanol–water partition coefficient (Wildman–Crippen LogP) is 2.43. The highest BCUT2D eigenvalue weighted by atomic mass is 16.5. The third-order valence-corrected chi connectivity index (χ3v) is 3.57. The van der Waals surface area contributed by atoms with Gasteiger partial charge in [0.15, 0.2) is 0 Å². The highest BCUT2D eigenvalue weighted by Crippen LogP contribution is 2.24. The van der Waals surface area contributed by atoms with Gasteiger partial charge in [-0.05, 0) is 44.6 Å². The number of aliphatic carboxylic acids is 1. The number of carboxylic acids is 1. The number of carbonyl (C=O) groups excluding carboxylic acids is 1. The summed E-state index contributed by atoms with van der Waals surface area (Å²) in [5, 5.41) is 9.68. The van der Waals surface area contributed by atoms with Crippen LogP contribution in [0.25, 0.3) is 10.9 Å². The first-order valence-corrected chi connectivity index (χ1v) is 7.63. The zero-order valence-electron chi connectivity index (χ0n) is 13.5. The van der Waals surface area contributed by atoms with Crippen LogP contribution in [0.15, 0.2) is 24.4 Å². The summed E-state index contributed by atoms with van der Waals surface area (Å²) >= 11 is 0. The number of carboxylic acid groups (broad SMARTS) is 1. The summed E-state index contributed by atoms with van der Waals surface area (Å²) in [7, 11) is 4.08. The second kappa shape index (κ2) is 7.78. The molecule has 0 aliphatic heterocycles. The normalized spacial score (nSPS) is 11.1. The van der Waals surface area contributed by atoms with Crippen molar-refractivity contribution in [2.45, 2.75) is 25.7 Å². The van der Waals surface area contributed by atoms with E-state index in [4.69, 9.17) is 9.84 Å². The first-order chi connectivity index (χ1) is 11.0. The lowest BCUT2D eigenvalue weighted by Crippen LogP contribution is -2.14. The number of esters is 1. The number of H-pyrrole nitrogens is 1. The van der Waals surface area contributed by atoms with E-state index in [2.05, 4.69) is 9.88 Å². The van der Waals surface area contributed by atoms with Crippen molar-refractivity contribution < 1.29 is 19.4 Å². The molecule has 0 amide bonds. The van der Waals surface area contributed by atoms with Crippen molar-refractivity contribution in [1.29, 1.82) is 0 Å². The fraction of sp³-hybridized carbons (Fsp3) is 0.412. The lowest BCUT2D eigenvalue weighted by atomic mass is 10.1. The van der Waals surface area contributed by atoms with Crippen LogP contribution in [-0.4, -0.2) is 47.6 Å². The van der Waals surface area contributed by atoms with Crippen molar-refractivity contribution in [2.24, 2.45) is 0 Å². The number of benzene rings is 1. The predicted molar refractivity (Wildman–Crippen MR) is 87.7 cm³/mol. The van der Waals surface area contributed by atoms with Crippen molar-refractivity contribution in [2.75, 3.05) is 20.6 Å². The van der Waals surface area contributed by atoms with E-state index in [0.29, 0.717) is 5.75 Å². The molecule has 0 saturated heterocycles. The zero-order valence-corrected chi connectivity index (χ0v) is 13.5. The Balaban J connectivity index is 1.98. The van der Waals surface area contributed by atoms with Gasteiger partial charge in [-0.3, -0.25) is 9.59 Å². The van der Waals surface area contributed by atoms with Gasteiger partial charge < -0.3 is 19.7 Å². The molecule has 0 atom stereocenters. The van der Waals surface area contributed by atoms with Crippen LogP contribution in [0.5, 0.6) is 5.75 Å². The van der Waals surface area contributed by atoms with Crippen LogP contribution in [0.2, 0.25) is 0 Å². The summed E-state index contributed by atoms with van der Waals surface area (Å²) < 4.78 is 5.25. The third kappa shape index (κ3) is 5.10. The molecule has 124 valence electrons. The number of hydrogen-bond donors (Lipinski definition) is 2. The van der Waals surface area contributed by atoms with E-state index in [9.17, 15) is 9.59 Å². The number of aromatic nitrogens is 1. The quantitative estimate of drug-likeness (QED) is 0.577. The number of carbonyl (C=O) groups is 2. The molecule has 0 unspecified atom stereocenters. The SMILES string of the molecule is CN(C)CCc1c[nH]c2cc(OC(=O)CCCC(=O)O)ccc12. The van der Waals surface area contributed by atoms with Gasteiger partial charge in [-0.2, -0.15) is 0 Å². The topological polar surface area (TPSA) is 82.6 Å². The van der Waals surface area contributed by atoms with Crippen LogP contribution < -0.4 is 4.74 Å². The molecule has 1 aromatic carbocycles. The minimum Gasteiger partial charge on any atom is -0.481 e. The van der Waals surface area contributed by atoms with Gasteiger partial charge in [0.1, 0.15) is 5.75 Å². The number of nitrogens with one attached hydrogen (secondary N) is 1. The van der Waals surface area contributed by atoms with Crippen LogP contribution >= 0.6 is 0 Å². The number of ether oxygens (including phenoxy) is 1. The zero-order chi connectivity index (χ0) is 16.8. The van der Waals surface area contributed by atoms with Gasteiger partial charge in [0, 0.05) is 42.6 Å². The molecule has 2 rings (SSSR count). The van der Waals surface area contributed by atoms with E-state index < -0.39 is 11.9 Å². The van der Waals surface area contributed by atoms with Crippen molar-refractivity contribution >= 4 is 22.8 Å². The van der Waals surface area contributed by atoms with Gasteiger partial charge >= 0.3 is 11.9 Å². The summed E-state index contributed by atoms with van der Waals surface area (Å²) in [5.74, 6) is -0.848. The van der Waals surface area contributed by atoms with E-state index in [1.54, 1.807) is 12.1 Å². The Labute approximate surface area is 135 Å². The first-order valence-electron chi connectivity index (χ1n) is 7.63.